The highest BCUT2D eigenvalue weighted by Crippen LogP contribution is 2.13. The number of halogens is 1. The maximum Gasteiger partial charge on any atom is 0.335 e. The Kier molecular flexibility index (Phi) is 2.97. The summed E-state index contributed by atoms with van der Waals surface area (Å²) in [6.07, 6.45) is 0. The number of rotatable bonds is 1. The summed E-state index contributed by atoms with van der Waals surface area (Å²) in [7, 11) is 1.57. The second-order valence-corrected chi connectivity index (χ2v) is 4.93. The van der Waals surface area contributed by atoms with Crippen LogP contribution < -0.4 is 11.2 Å². The van der Waals surface area contributed by atoms with E-state index >= 15 is 0 Å². The molecule has 0 N–H and O–H groups in total. The first-order chi connectivity index (χ1) is 10.0. The Balaban J connectivity index is 2.53. The van der Waals surface area contributed by atoms with Crippen LogP contribution in [0.4, 0.5) is 4.39 Å². The lowest BCUT2D eigenvalue weighted by Crippen LogP contribution is -2.38. The topological polar surface area (TPSA) is 44.0 Å². The molecule has 0 aliphatic carbocycles. The van der Waals surface area contributed by atoms with E-state index in [0.29, 0.717) is 11.2 Å². The Hall–Kier alpha value is -2.69. The molecule has 0 aliphatic rings. The van der Waals surface area contributed by atoms with E-state index in [1.807, 2.05) is 19.1 Å². The normalized spacial score (nSPS) is 11.0. The SMILES string of the molecule is Cc1ccccc1-n1c(=O)c2cc(F)ccc2n(C)c1=O. The molecule has 0 amide bonds. The Morgan fingerprint density at radius 3 is 2.48 bits per heavy atom. The van der Waals surface area contributed by atoms with Crippen molar-refractivity contribution in [3.05, 3.63) is 74.7 Å². The highest BCUT2D eigenvalue weighted by molar-refractivity contribution is 5.78. The third-order valence-corrected chi connectivity index (χ3v) is 3.59. The molecule has 0 aliphatic heterocycles. The van der Waals surface area contributed by atoms with Crippen LogP contribution in [0.5, 0.6) is 0 Å². The summed E-state index contributed by atoms with van der Waals surface area (Å²) in [5.74, 6) is -0.505. The second-order valence-electron chi connectivity index (χ2n) is 4.93. The molecular weight excluding hydrogens is 271 g/mol. The summed E-state index contributed by atoms with van der Waals surface area (Å²) in [5.41, 5.74) is 0.758. The Labute approximate surface area is 119 Å². The first-order valence-corrected chi connectivity index (χ1v) is 6.48. The van der Waals surface area contributed by atoms with Gasteiger partial charge in [-0.1, -0.05) is 18.2 Å². The fourth-order valence-corrected chi connectivity index (χ4v) is 2.46. The summed E-state index contributed by atoms with van der Waals surface area (Å²) < 4.78 is 15.9. The van der Waals surface area contributed by atoms with Gasteiger partial charge in [0.25, 0.3) is 5.56 Å². The van der Waals surface area contributed by atoms with Crippen molar-refractivity contribution in [2.45, 2.75) is 6.92 Å². The fraction of sp³-hybridized carbons (Fsp3) is 0.125. The predicted molar refractivity (Wildman–Crippen MR) is 79.5 cm³/mol. The molecule has 0 spiro atoms. The van der Waals surface area contributed by atoms with Gasteiger partial charge in [0, 0.05) is 7.05 Å². The molecule has 3 aromatic rings. The average molecular weight is 284 g/mol. The number of fused-ring (bicyclic) bond motifs is 1. The minimum atomic E-state index is -0.512. The van der Waals surface area contributed by atoms with Gasteiger partial charge in [-0.05, 0) is 36.8 Å². The van der Waals surface area contributed by atoms with Crippen LogP contribution in [0.2, 0.25) is 0 Å². The standard InChI is InChI=1S/C16H13FN2O2/c1-10-5-3-4-6-13(10)19-15(20)12-9-11(17)7-8-14(12)18(2)16(19)21/h3-9H,1-2H3. The van der Waals surface area contributed by atoms with E-state index < -0.39 is 17.1 Å². The van der Waals surface area contributed by atoms with Gasteiger partial charge in [-0.15, -0.1) is 0 Å². The monoisotopic (exact) mass is 284 g/mol. The van der Waals surface area contributed by atoms with Gasteiger partial charge in [0.1, 0.15) is 5.82 Å². The molecule has 21 heavy (non-hydrogen) atoms. The maximum atomic E-state index is 13.4. The molecule has 3 rings (SSSR count). The summed E-state index contributed by atoms with van der Waals surface area (Å²) in [4.78, 5) is 25.1. The third-order valence-electron chi connectivity index (χ3n) is 3.59. The van der Waals surface area contributed by atoms with E-state index in [9.17, 15) is 14.0 Å². The lowest BCUT2D eigenvalue weighted by Gasteiger charge is -2.12. The lowest BCUT2D eigenvalue weighted by molar-refractivity contribution is 0.628. The quantitative estimate of drug-likeness (QED) is 0.687. The number of hydrogen-bond acceptors (Lipinski definition) is 2. The van der Waals surface area contributed by atoms with Crippen LogP contribution in [0.25, 0.3) is 16.6 Å². The van der Waals surface area contributed by atoms with E-state index in [-0.39, 0.29) is 5.39 Å². The van der Waals surface area contributed by atoms with Crippen LogP contribution in [0, 0.1) is 12.7 Å². The van der Waals surface area contributed by atoms with E-state index in [1.165, 1.54) is 16.7 Å². The smallest absolute Gasteiger partial charge is 0.296 e. The average Bonchev–Trinajstić information content (AvgIpc) is 2.47. The number of para-hydroxylation sites is 1. The molecule has 0 saturated carbocycles. The summed E-state index contributed by atoms with van der Waals surface area (Å²) in [5, 5.41) is 0.181. The number of aryl methyl sites for hydroxylation is 2. The first kappa shape index (κ1) is 13.3. The van der Waals surface area contributed by atoms with Gasteiger partial charge in [-0.25, -0.2) is 13.8 Å². The van der Waals surface area contributed by atoms with Gasteiger partial charge in [0.15, 0.2) is 0 Å². The molecule has 106 valence electrons. The molecule has 1 heterocycles. The molecule has 0 atom stereocenters. The van der Waals surface area contributed by atoms with Crippen molar-refractivity contribution in [3.8, 4) is 5.69 Å². The van der Waals surface area contributed by atoms with Gasteiger partial charge >= 0.3 is 5.69 Å². The zero-order chi connectivity index (χ0) is 15.1. The molecule has 0 fully saturated rings. The molecular formula is C16H13FN2O2. The third kappa shape index (κ3) is 1.98. The van der Waals surface area contributed by atoms with Crippen LogP contribution >= 0.6 is 0 Å². The zero-order valence-electron chi connectivity index (χ0n) is 11.6. The van der Waals surface area contributed by atoms with Crippen LogP contribution in [0.1, 0.15) is 5.56 Å². The maximum absolute atomic E-state index is 13.4. The lowest BCUT2D eigenvalue weighted by atomic mass is 10.2. The molecule has 2 aromatic carbocycles. The van der Waals surface area contributed by atoms with E-state index in [2.05, 4.69) is 0 Å². The Morgan fingerprint density at radius 2 is 1.76 bits per heavy atom. The largest absolute Gasteiger partial charge is 0.335 e. The first-order valence-electron chi connectivity index (χ1n) is 6.48. The summed E-state index contributed by atoms with van der Waals surface area (Å²) in [6, 6.07) is 10.9. The minimum absolute atomic E-state index is 0.181. The Bertz CT molecular complexity index is 970. The van der Waals surface area contributed by atoms with Crippen molar-refractivity contribution >= 4 is 10.9 Å². The van der Waals surface area contributed by atoms with Gasteiger partial charge in [0.2, 0.25) is 0 Å². The van der Waals surface area contributed by atoms with Crippen LogP contribution in [-0.2, 0) is 7.05 Å². The second kappa shape index (κ2) is 4.70. The zero-order valence-corrected chi connectivity index (χ0v) is 11.6. The highest BCUT2D eigenvalue weighted by atomic mass is 19.1. The molecule has 0 saturated heterocycles. The van der Waals surface area contributed by atoms with E-state index in [0.717, 1.165) is 16.2 Å². The van der Waals surface area contributed by atoms with Crippen molar-refractivity contribution in [2.75, 3.05) is 0 Å². The van der Waals surface area contributed by atoms with Gasteiger partial charge in [-0.2, -0.15) is 0 Å². The van der Waals surface area contributed by atoms with Gasteiger partial charge < -0.3 is 0 Å². The molecule has 1 aromatic heterocycles. The van der Waals surface area contributed by atoms with Crippen LogP contribution in [0.3, 0.4) is 0 Å². The number of aromatic nitrogens is 2. The Morgan fingerprint density at radius 1 is 1.05 bits per heavy atom. The molecule has 0 radical (unpaired) electrons. The highest BCUT2D eigenvalue weighted by Gasteiger charge is 2.14. The fourth-order valence-electron chi connectivity index (χ4n) is 2.46. The molecule has 4 nitrogen and oxygen atoms in total. The number of benzene rings is 2. The van der Waals surface area contributed by atoms with Crippen molar-refractivity contribution < 1.29 is 4.39 Å². The predicted octanol–water partition coefficient (Wildman–Crippen LogP) is 2.14. The molecule has 0 unspecified atom stereocenters. The number of hydrogen-bond donors (Lipinski definition) is 0. The van der Waals surface area contributed by atoms with Crippen molar-refractivity contribution in [1.82, 2.24) is 9.13 Å². The van der Waals surface area contributed by atoms with Crippen molar-refractivity contribution in [2.24, 2.45) is 7.05 Å². The minimum Gasteiger partial charge on any atom is -0.296 e. The summed E-state index contributed by atoms with van der Waals surface area (Å²) in [6.45, 7) is 1.82. The van der Waals surface area contributed by atoms with E-state index in [4.69, 9.17) is 0 Å². The van der Waals surface area contributed by atoms with Gasteiger partial charge in [-0.3, -0.25) is 9.36 Å². The number of nitrogens with zero attached hydrogens (tertiary/aromatic N) is 2. The van der Waals surface area contributed by atoms with Crippen molar-refractivity contribution in [1.29, 1.82) is 0 Å². The van der Waals surface area contributed by atoms with Crippen LogP contribution in [-0.4, -0.2) is 9.13 Å². The van der Waals surface area contributed by atoms with E-state index in [1.54, 1.807) is 19.2 Å². The van der Waals surface area contributed by atoms with Crippen molar-refractivity contribution in [3.63, 3.8) is 0 Å². The van der Waals surface area contributed by atoms with Gasteiger partial charge in [0.05, 0.1) is 16.6 Å². The summed E-state index contributed by atoms with van der Waals surface area (Å²) >= 11 is 0. The van der Waals surface area contributed by atoms with Crippen LogP contribution in [0.15, 0.2) is 52.1 Å². The molecule has 5 heteroatoms. The molecule has 0 bridgehead atoms.